The summed E-state index contributed by atoms with van der Waals surface area (Å²) in [5, 5.41) is 3.72. The smallest absolute Gasteiger partial charge is 0.241 e. The molecule has 0 bridgehead atoms. The molecule has 2 rings (SSSR count). The van der Waals surface area contributed by atoms with E-state index in [0.29, 0.717) is 11.8 Å². The van der Waals surface area contributed by atoms with Gasteiger partial charge in [-0.25, -0.2) is 0 Å². The van der Waals surface area contributed by atoms with Crippen LogP contribution >= 0.6 is 24.2 Å². The number of rotatable bonds is 3. The highest BCUT2D eigenvalue weighted by Crippen LogP contribution is 2.17. The maximum Gasteiger partial charge on any atom is 0.241 e. The van der Waals surface area contributed by atoms with Crippen LogP contribution in [-0.4, -0.2) is 41.4 Å². The Kier molecular flexibility index (Phi) is 6.36. The molecular weight excluding hydrogens is 268 g/mol. The molecule has 1 atom stereocenters. The molecule has 1 aromatic rings. The molecule has 0 radical (unpaired) electrons. The first-order valence-corrected chi connectivity index (χ1v) is 6.99. The van der Waals surface area contributed by atoms with Crippen molar-refractivity contribution in [3.05, 3.63) is 30.3 Å². The summed E-state index contributed by atoms with van der Waals surface area (Å²) in [7, 11) is 0. The van der Waals surface area contributed by atoms with E-state index in [1.807, 2.05) is 47.0 Å². The van der Waals surface area contributed by atoms with Crippen molar-refractivity contribution in [1.29, 1.82) is 0 Å². The summed E-state index contributed by atoms with van der Waals surface area (Å²) in [5.41, 5.74) is 1.00. The van der Waals surface area contributed by atoms with Gasteiger partial charge >= 0.3 is 0 Å². The second-order valence-electron chi connectivity index (χ2n) is 4.24. The second kappa shape index (κ2) is 7.54. The zero-order valence-electron chi connectivity index (χ0n) is 10.5. The van der Waals surface area contributed by atoms with Crippen LogP contribution in [0.5, 0.6) is 0 Å². The Morgan fingerprint density at radius 1 is 1.44 bits per heavy atom. The summed E-state index contributed by atoms with van der Waals surface area (Å²) in [4.78, 5) is 13.9. The number of para-hydroxylation sites is 1. The molecule has 1 aliphatic rings. The van der Waals surface area contributed by atoms with Crippen LogP contribution in [0, 0.1) is 0 Å². The molecule has 1 N–H and O–H groups in total. The molecular formula is C13H19ClN2OS. The van der Waals surface area contributed by atoms with Gasteiger partial charge in [-0.1, -0.05) is 25.1 Å². The number of carbonyl (C=O) groups excluding carboxylic acids is 1. The highest BCUT2D eigenvalue weighted by molar-refractivity contribution is 7.99. The third kappa shape index (κ3) is 4.42. The first kappa shape index (κ1) is 15.2. The highest BCUT2D eigenvalue weighted by Gasteiger charge is 2.20. The number of hydrogen-bond donors (Lipinski definition) is 1. The molecule has 18 heavy (non-hydrogen) atoms. The van der Waals surface area contributed by atoms with E-state index in [0.717, 1.165) is 24.5 Å². The Hall–Kier alpha value is -0.870. The van der Waals surface area contributed by atoms with Gasteiger partial charge in [0.25, 0.3) is 0 Å². The van der Waals surface area contributed by atoms with Crippen LogP contribution in [-0.2, 0) is 4.79 Å². The topological polar surface area (TPSA) is 32.3 Å². The number of nitrogens with zero attached hydrogens (tertiary/aromatic N) is 1. The van der Waals surface area contributed by atoms with Crippen molar-refractivity contribution in [2.45, 2.75) is 12.2 Å². The maximum absolute atomic E-state index is 12.0. The number of benzene rings is 1. The summed E-state index contributed by atoms with van der Waals surface area (Å²) >= 11 is 1.94. The normalized spacial score (nSPS) is 18.9. The number of nitrogens with one attached hydrogen (secondary N) is 1. The predicted molar refractivity (Wildman–Crippen MR) is 80.7 cm³/mol. The number of thioether (sulfide) groups is 1. The lowest BCUT2D eigenvalue weighted by molar-refractivity contribution is -0.129. The first-order chi connectivity index (χ1) is 8.25. The van der Waals surface area contributed by atoms with Crippen LogP contribution in [0.2, 0.25) is 0 Å². The van der Waals surface area contributed by atoms with Gasteiger partial charge in [-0.05, 0) is 12.1 Å². The van der Waals surface area contributed by atoms with Gasteiger partial charge < -0.3 is 10.2 Å². The average molecular weight is 287 g/mol. The van der Waals surface area contributed by atoms with E-state index in [4.69, 9.17) is 0 Å². The number of anilines is 1. The van der Waals surface area contributed by atoms with Gasteiger partial charge in [0.1, 0.15) is 0 Å². The van der Waals surface area contributed by atoms with E-state index >= 15 is 0 Å². The lowest BCUT2D eigenvalue weighted by atomic mass is 10.3. The molecule has 1 saturated heterocycles. The van der Waals surface area contributed by atoms with Crippen LogP contribution in [0.15, 0.2) is 30.3 Å². The molecule has 0 aliphatic carbocycles. The number of amides is 1. The van der Waals surface area contributed by atoms with Crippen molar-refractivity contribution in [2.75, 3.05) is 30.7 Å². The minimum absolute atomic E-state index is 0. The molecule has 0 spiro atoms. The first-order valence-electron chi connectivity index (χ1n) is 5.94. The number of carbonyl (C=O) groups is 1. The van der Waals surface area contributed by atoms with Crippen molar-refractivity contribution in [1.82, 2.24) is 4.90 Å². The summed E-state index contributed by atoms with van der Waals surface area (Å²) in [6, 6.07) is 9.85. The third-order valence-electron chi connectivity index (χ3n) is 2.81. The molecule has 0 aromatic heterocycles. The van der Waals surface area contributed by atoms with E-state index in [2.05, 4.69) is 12.2 Å². The van der Waals surface area contributed by atoms with Crippen molar-refractivity contribution < 1.29 is 4.79 Å². The van der Waals surface area contributed by atoms with Crippen molar-refractivity contribution in [3.63, 3.8) is 0 Å². The van der Waals surface area contributed by atoms with Crippen molar-refractivity contribution in [2.24, 2.45) is 0 Å². The Morgan fingerprint density at radius 2 is 2.17 bits per heavy atom. The third-order valence-corrected chi connectivity index (χ3v) is 3.95. The SMILES string of the molecule is CC1CN(C(=O)CNc2ccccc2)CCS1.Cl. The Bertz CT molecular complexity index is 375. The molecule has 100 valence electrons. The Labute approximate surface area is 119 Å². The zero-order valence-corrected chi connectivity index (χ0v) is 12.1. The molecule has 1 aromatic carbocycles. The van der Waals surface area contributed by atoms with E-state index in [9.17, 15) is 4.79 Å². The molecule has 1 heterocycles. The summed E-state index contributed by atoms with van der Waals surface area (Å²) in [6.07, 6.45) is 0. The monoisotopic (exact) mass is 286 g/mol. The fourth-order valence-corrected chi connectivity index (χ4v) is 2.90. The predicted octanol–water partition coefficient (Wildman–Crippen LogP) is 2.48. The second-order valence-corrected chi connectivity index (χ2v) is 5.79. The lowest BCUT2D eigenvalue weighted by Gasteiger charge is -2.30. The van der Waals surface area contributed by atoms with Gasteiger partial charge in [0.05, 0.1) is 6.54 Å². The van der Waals surface area contributed by atoms with Crippen LogP contribution in [0.25, 0.3) is 0 Å². The fraction of sp³-hybridized carbons (Fsp3) is 0.462. The molecule has 1 fully saturated rings. The zero-order chi connectivity index (χ0) is 12.1. The largest absolute Gasteiger partial charge is 0.376 e. The number of halogens is 1. The molecule has 5 heteroatoms. The summed E-state index contributed by atoms with van der Waals surface area (Å²) in [5.74, 6) is 1.25. The minimum Gasteiger partial charge on any atom is -0.376 e. The van der Waals surface area contributed by atoms with Gasteiger partial charge in [-0.3, -0.25) is 4.79 Å². The molecule has 3 nitrogen and oxygen atoms in total. The molecule has 1 amide bonds. The van der Waals surface area contributed by atoms with Crippen LogP contribution in [0.3, 0.4) is 0 Å². The quantitative estimate of drug-likeness (QED) is 0.927. The van der Waals surface area contributed by atoms with E-state index in [1.54, 1.807) is 0 Å². The maximum atomic E-state index is 12.0. The average Bonchev–Trinajstić information content (AvgIpc) is 2.37. The molecule has 0 saturated carbocycles. The van der Waals surface area contributed by atoms with Crippen LogP contribution in [0.4, 0.5) is 5.69 Å². The van der Waals surface area contributed by atoms with Gasteiger partial charge in [-0.2, -0.15) is 11.8 Å². The van der Waals surface area contributed by atoms with Crippen LogP contribution < -0.4 is 5.32 Å². The molecule has 1 unspecified atom stereocenters. The summed E-state index contributed by atoms with van der Waals surface area (Å²) < 4.78 is 0. The Balaban J connectivity index is 0.00000162. The Morgan fingerprint density at radius 3 is 2.83 bits per heavy atom. The van der Waals surface area contributed by atoms with Gasteiger partial charge in [0, 0.05) is 29.8 Å². The van der Waals surface area contributed by atoms with Crippen LogP contribution in [0.1, 0.15) is 6.92 Å². The van der Waals surface area contributed by atoms with Crippen molar-refractivity contribution >= 4 is 35.8 Å². The lowest BCUT2D eigenvalue weighted by Crippen LogP contribution is -2.43. The molecule has 1 aliphatic heterocycles. The standard InChI is InChI=1S/C13H18N2OS.ClH/c1-11-10-15(7-8-17-11)13(16)9-14-12-5-3-2-4-6-12;/h2-6,11,14H,7-10H2,1H3;1H. The highest BCUT2D eigenvalue weighted by atomic mass is 35.5. The fourth-order valence-electron chi connectivity index (χ4n) is 1.89. The summed E-state index contributed by atoms with van der Waals surface area (Å²) in [6.45, 7) is 4.32. The minimum atomic E-state index is 0. The van der Waals surface area contributed by atoms with E-state index in [1.165, 1.54) is 0 Å². The van der Waals surface area contributed by atoms with Gasteiger partial charge in [0.2, 0.25) is 5.91 Å². The number of hydrogen-bond acceptors (Lipinski definition) is 3. The van der Waals surface area contributed by atoms with Gasteiger partial charge in [0.15, 0.2) is 0 Å². The van der Waals surface area contributed by atoms with Gasteiger partial charge in [-0.15, -0.1) is 12.4 Å². The van der Waals surface area contributed by atoms with E-state index in [-0.39, 0.29) is 18.3 Å². The van der Waals surface area contributed by atoms with Crippen molar-refractivity contribution in [3.8, 4) is 0 Å². The van der Waals surface area contributed by atoms with E-state index < -0.39 is 0 Å².